The summed E-state index contributed by atoms with van der Waals surface area (Å²) in [4.78, 5) is 34.3. The number of amides is 2. The molecule has 1 saturated carbocycles. The lowest BCUT2D eigenvalue weighted by Gasteiger charge is -2.42. The second-order valence-corrected chi connectivity index (χ2v) is 12.7. The molecule has 1 atom stereocenters. The first-order valence-electron chi connectivity index (χ1n) is 16.1. The van der Waals surface area contributed by atoms with Crippen LogP contribution >= 0.6 is 0 Å². The van der Waals surface area contributed by atoms with Crippen LogP contribution in [0.2, 0.25) is 0 Å². The molecule has 3 aliphatic heterocycles. The van der Waals surface area contributed by atoms with Crippen molar-refractivity contribution in [3.63, 3.8) is 0 Å². The first-order chi connectivity index (χ1) is 20.9. The fourth-order valence-corrected chi connectivity index (χ4v) is 7.40. The first-order valence-corrected chi connectivity index (χ1v) is 16.1. The monoisotopic (exact) mass is 598 g/mol. The van der Waals surface area contributed by atoms with Crippen LogP contribution in [-0.2, 0) is 10.3 Å². The maximum Gasteiger partial charge on any atom is 0.263 e. The predicted molar refractivity (Wildman–Crippen MR) is 162 cm³/mol. The highest BCUT2D eigenvalue weighted by molar-refractivity contribution is 6.12. The summed E-state index contributed by atoms with van der Waals surface area (Å²) in [6, 6.07) is 0. The molecule has 4 aliphatic rings. The molecule has 2 aromatic heterocycles. The molecule has 4 N–H and O–H groups in total. The molecular weight excluding hydrogens is 554 g/mol. The van der Waals surface area contributed by atoms with Gasteiger partial charge in [-0.1, -0.05) is 51.4 Å². The van der Waals surface area contributed by atoms with Crippen LogP contribution in [0, 0.1) is 11.7 Å². The smallest absolute Gasteiger partial charge is 0.263 e. The molecular formula is C31H44F2N8O2. The Hall–Kier alpha value is -3.44. The quantitative estimate of drug-likeness (QED) is 0.449. The lowest BCUT2D eigenvalue weighted by Crippen LogP contribution is -2.51. The van der Waals surface area contributed by atoms with Gasteiger partial charge in [-0.15, -0.1) is 0 Å². The van der Waals surface area contributed by atoms with Gasteiger partial charge in [0.15, 0.2) is 11.6 Å². The fraction of sp³-hybridized carbons (Fsp3) is 0.677. The molecule has 10 nitrogen and oxygen atoms in total. The van der Waals surface area contributed by atoms with Crippen LogP contribution < -0.4 is 21.3 Å². The van der Waals surface area contributed by atoms with Crippen LogP contribution in [0.5, 0.6) is 0 Å². The Morgan fingerprint density at radius 1 is 0.953 bits per heavy atom. The number of halogens is 2. The lowest BCUT2D eigenvalue weighted by molar-refractivity contribution is -0.139. The van der Waals surface area contributed by atoms with Gasteiger partial charge in [0.05, 0.1) is 23.6 Å². The molecule has 0 bridgehead atoms. The van der Waals surface area contributed by atoms with Gasteiger partial charge in [0.25, 0.3) is 5.91 Å². The molecule has 1 unspecified atom stereocenters. The second-order valence-electron chi connectivity index (χ2n) is 12.7. The molecule has 2 amide bonds. The number of nitrogen functional groups attached to an aromatic ring is 1. The van der Waals surface area contributed by atoms with E-state index in [0.29, 0.717) is 44.6 Å². The molecule has 43 heavy (non-hydrogen) atoms. The van der Waals surface area contributed by atoms with Crippen LogP contribution in [0.3, 0.4) is 0 Å². The third-order valence-electron chi connectivity index (χ3n) is 10.0. The summed E-state index contributed by atoms with van der Waals surface area (Å²) in [6.45, 7) is 2.68. The van der Waals surface area contributed by atoms with Gasteiger partial charge < -0.3 is 26.2 Å². The van der Waals surface area contributed by atoms with Gasteiger partial charge in [-0.2, -0.15) is 5.10 Å². The average Bonchev–Trinajstić information content (AvgIpc) is 3.28. The van der Waals surface area contributed by atoms with Crippen LogP contribution in [0.25, 0.3) is 0 Å². The SMILES string of the molecule is Nc1nn2c(c1C(=O)Nc1cncc(F)c1N1CCC(C(=O)N3CCC3)CC1)NCC(F)C21CCCCCCCCCC1. The Morgan fingerprint density at radius 3 is 2.23 bits per heavy atom. The largest absolute Gasteiger partial charge is 0.381 e. The van der Waals surface area contributed by atoms with Crippen molar-refractivity contribution in [3.05, 3.63) is 23.8 Å². The topological polar surface area (TPSA) is 121 Å². The van der Waals surface area contributed by atoms with Crippen LogP contribution in [0.15, 0.2) is 12.4 Å². The lowest BCUT2D eigenvalue weighted by atomic mass is 9.81. The Morgan fingerprint density at radius 2 is 1.60 bits per heavy atom. The summed E-state index contributed by atoms with van der Waals surface area (Å²) < 4.78 is 32.7. The van der Waals surface area contributed by atoms with Crippen molar-refractivity contribution in [2.75, 3.05) is 54.0 Å². The second kappa shape index (κ2) is 12.7. The number of nitrogens with two attached hydrogens (primary N) is 1. The highest BCUT2D eigenvalue weighted by atomic mass is 19.1. The number of alkyl halides is 1. The van der Waals surface area contributed by atoms with Crippen LogP contribution in [0.1, 0.15) is 93.8 Å². The van der Waals surface area contributed by atoms with E-state index in [1.165, 1.54) is 19.0 Å². The number of carbonyl (C=O) groups is 2. The Kier molecular flexibility index (Phi) is 8.72. The Balaban J connectivity index is 1.23. The number of pyridine rings is 1. The van der Waals surface area contributed by atoms with Gasteiger partial charge in [-0.25, -0.2) is 13.5 Å². The number of anilines is 4. The molecule has 234 valence electrons. The molecule has 3 fully saturated rings. The maximum absolute atomic E-state index is 15.8. The zero-order chi connectivity index (χ0) is 30.0. The number of carbonyl (C=O) groups excluding carboxylic acids is 2. The minimum Gasteiger partial charge on any atom is -0.381 e. The zero-order valence-electron chi connectivity index (χ0n) is 24.9. The number of piperidine rings is 1. The van der Waals surface area contributed by atoms with Gasteiger partial charge >= 0.3 is 0 Å². The van der Waals surface area contributed by atoms with Crippen LogP contribution in [-0.4, -0.2) is 70.4 Å². The number of fused-ring (bicyclic) bond motifs is 2. The van der Waals surface area contributed by atoms with Gasteiger partial charge in [-0.3, -0.25) is 14.6 Å². The van der Waals surface area contributed by atoms with E-state index in [2.05, 4.69) is 20.7 Å². The van der Waals surface area contributed by atoms with E-state index in [1.54, 1.807) is 4.68 Å². The molecule has 6 rings (SSSR count). The molecule has 1 aliphatic carbocycles. The van der Waals surface area contributed by atoms with Crippen molar-refractivity contribution in [2.45, 2.75) is 95.2 Å². The van der Waals surface area contributed by atoms with Crippen LogP contribution in [0.4, 0.5) is 31.8 Å². The van der Waals surface area contributed by atoms with E-state index >= 15 is 8.78 Å². The van der Waals surface area contributed by atoms with E-state index in [9.17, 15) is 9.59 Å². The number of aromatic nitrogens is 3. The minimum absolute atomic E-state index is 0.0130. The van der Waals surface area contributed by atoms with Gasteiger partial charge in [0.1, 0.15) is 23.2 Å². The molecule has 0 radical (unpaired) electrons. The van der Waals surface area contributed by atoms with Crippen molar-refractivity contribution in [2.24, 2.45) is 5.92 Å². The summed E-state index contributed by atoms with van der Waals surface area (Å²) in [5, 5.41) is 10.5. The number of hydrogen-bond acceptors (Lipinski definition) is 7. The van der Waals surface area contributed by atoms with Crippen molar-refractivity contribution < 1.29 is 18.4 Å². The summed E-state index contributed by atoms with van der Waals surface area (Å²) in [7, 11) is 0. The average molecular weight is 599 g/mol. The molecule has 0 aromatic carbocycles. The van der Waals surface area contributed by atoms with Gasteiger partial charge in [0.2, 0.25) is 5.91 Å². The minimum atomic E-state index is -1.16. The summed E-state index contributed by atoms with van der Waals surface area (Å²) in [5.74, 6) is -0.559. The number of likely N-dealkylation sites (tertiary alicyclic amines) is 1. The van der Waals surface area contributed by atoms with Crippen molar-refractivity contribution in [3.8, 4) is 0 Å². The summed E-state index contributed by atoms with van der Waals surface area (Å²) in [6.07, 6.45) is 13.5. The predicted octanol–water partition coefficient (Wildman–Crippen LogP) is 5.07. The van der Waals surface area contributed by atoms with Crippen molar-refractivity contribution in [1.82, 2.24) is 19.7 Å². The van der Waals surface area contributed by atoms with Crippen molar-refractivity contribution >= 4 is 34.8 Å². The van der Waals surface area contributed by atoms with E-state index in [-0.39, 0.29) is 41.1 Å². The van der Waals surface area contributed by atoms with Gasteiger partial charge in [-0.05, 0) is 32.1 Å². The third-order valence-corrected chi connectivity index (χ3v) is 10.0. The Labute approximate surface area is 251 Å². The third kappa shape index (κ3) is 5.76. The number of rotatable bonds is 4. The molecule has 2 aromatic rings. The zero-order valence-corrected chi connectivity index (χ0v) is 24.9. The maximum atomic E-state index is 15.8. The number of nitrogens with one attached hydrogen (secondary N) is 2. The van der Waals surface area contributed by atoms with E-state index in [0.717, 1.165) is 64.2 Å². The number of hydrogen-bond donors (Lipinski definition) is 3. The summed E-state index contributed by atoms with van der Waals surface area (Å²) >= 11 is 0. The Bertz CT molecular complexity index is 1310. The summed E-state index contributed by atoms with van der Waals surface area (Å²) in [5.41, 5.74) is 6.11. The van der Waals surface area contributed by atoms with Gasteiger partial charge in [0, 0.05) is 38.6 Å². The highest BCUT2D eigenvalue weighted by Gasteiger charge is 2.47. The normalized spacial score (nSPS) is 23.1. The van der Waals surface area contributed by atoms with Crippen molar-refractivity contribution in [1.29, 1.82) is 0 Å². The van der Waals surface area contributed by atoms with E-state index in [4.69, 9.17) is 5.73 Å². The molecule has 5 heterocycles. The fourth-order valence-electron chi connectivity index (χ4n) is 7.40. The number of nitrogens with zero attached hydrogens (tertiary/aromatic N) is 5. The highest BCUT2D eigenvalue weighted by Crippen LogP contribution is 2.43. The molecule has 2 saturated heterocycles. The molecule has 1 spiro atoms. The first kappa shape index (κ1) is 29.6. The van der Waals surface area contributed by atoms with E-state index < -0.39 is 23.4 Å². The molecule has 12 heteroatoms. The van der Waals surface area contributed by atoms with E-state index in [1.807, 2.05) is 9.80 Å². The standard InChI is InChI=1S/C31H44F2N8O2/c32-22-18-35-19-23(26(22)39-16-10-21(11-17-39)30(43)40-14-9-15-40)37-29(42)25-27(34)38-41-28(25)36-20-24(33)31(41)12-7-5-3-1-2-4-6-8-13-31/h18-19,21,24,36H,1-17,20H2,(H2,34,38)(H,37,42).